The number of hydrogen-bond acceptors (Lipinski definition) is 2. The van der Waals surface area contributed by atoms with Crippen LogP contribution in [0.4, 0.5) is 0 Å². The lowest BCUT2D eigenvalue weighted by molar-refractivity contribution is 0.407. The molecule has 0 spiro atoms. The van der Waals surface area contributed by atoms with Crippen LogP contribution in [0.3, 0.4) is 0 Å². The molecule has 0 fully saturated rings. The third kappa shape index (κ3) is 3.56. The maximum absolute atomic E-state index is 9.97. The predicted octanol–water partition coefficient (Wildman–Crippen LogP) is 7.00. The van der Waals surface area contributed by atoms with Crippen molar-refractivity contribution < 1.29 is 9.84 Å². The fourth-order valence-corrected chi connectivity index (χ4v) is 3.93. The second-order valence-corrected chi connectivity index (χ2v) is 7.72. The molecule has 0 aliphatic heterocycles. The molecule has 2 nitrogen and oxygen atoms in total. The van der Waals surface area contributed by atoms with Gasteiger partial charge in [0.25, 0.3) is 0 Å². The van der Waals surface area contributed by atoms with Gasteiger partial charge in [0.05, 0.1) is 8.95 Å². The van der Waals surface area contributed by atoms with E-state index in [-0.39, 0.29) is 5.75 Å². The minimum Gasteiger partial charge on any atom is -0.504 e. The highest BCUT2D eigenvalue weighted by Gasteiger charge is 2.16. The first-order valence-electron chi connectivity index (χ1n) is 4.89. The van der Waals surface area contributed by atoms with Gasteiger partial charge in [0.15, 0.2) is 11.5 Å². The third-order valence-electron chi connectivity index (χ3n) is 2.20. The number of aromatic hydroxyl groups is 1. The van der Waals surface area contributed by atoms with Crippen molar-refractivity contribution in [2.45, 2.75) is 0 Å². The first kappa shape index (κ1) is 15.8. The molecule has 0 unspecified atom stereocenters. The lowest BCUT2D eigenvalue weighted by atomic mass is 10.3. The van der Waals surface area contributed by atoms with E-state index in [1.165, 1.54) is 0 Å². The van der Waals surface area contributed by atoms with Gasteiger partial charge in [0, 0.05) is 13.4 Å². The molecule has 2 aromatic rings. The van der Waals surface area contributed by atoms with Crippen molar-refractivity contribution in [2.24, 2.45) is 0 Å². The number of ether oxygens (including phenoxy) is 1. The quantitative estimate of drug-likeness (QED) is 0.388. The van der Waals surface area contributed by atoms with Gasteiger partial charge in [-0.05, 0) is 88.0 Å². The standard InChI is InChI=1S/C12H5Br5O2/c13-5-1-2-9(6(14)3-5)19-12-8(18)4-7(15)10(16)11(12)17/h1-4,18H. The zero-order valence-electron chi connectivity index (χ0n) is 9.05. The van der Waals surface area contributed by atoms with Crippen LogP contribution in [-0.4, -0.2) is 5.11 Å². The van der Waals surface area contributed by atoms with Crippen molar-refractivity contribution >= 4 is 79.6 Å². The minimum absolute atomic E-state index is 0.0387. The molecule has 0 saturated carbocycles. The van der Waals surface area contributed by atoms with Crippen molar-refractivity contribution in [2.75, 3.05) is 0 Å². The maximum Gasteiger partial charge on any atom is 0.184 e. The summed E-state index contributed by atoms with van der Waals surface area (Å²) in [6.45, 7) is 0. The lowest BCUT2D eigenvalue weighted by Gasteiger charge is -2.13. The Kier molecular flexibility index (Phi) is 5.39. The van der Waals surface area contributed by atoms with E-state index in [0.29, 0.717) is 16.0 Å². The molecule has 0 saturated heterocycles. The van der Waals surface area contributed by atoms with Gasteiger partial charge in [0.1, 0.15) is 5.75 Å². The first-order chi connectivity index (χ1) is 8.90. The van der Waals surface area contributed by atoms with Gasteiger partial charge >= 0.3 is 0 Å². The lowest BCUT2D eigenvalue weighted by Crippen LogP contribution is -1.89. The molecule has 100 valence electrons. The van der Waals surface area contributed by atoms with Gasteiger partial charge < -0.3 is 9.84 Å². The number of phenols is 1. The highest BCUT2D eigenvalue weighted by molar-refractivity contribution is 9.14. The summed E-state index contributed by atoms with van der Waals surface area (Å²) in [5, 5.41) is 9.97. The highest BCUT2D eigenvalue weighted by Crippen LogP contribution is 2.46. The topological polar surface area (TPSA) is 29.5 Å². The number of phenolic OH excluding ortho intramolecular Hbond substituents is 1. The van der Waals surface area contributed by atoms with E-state index in [4.69, 9.17) is 4.74 Å². The van der Waals surface area contributed by atoms with E-state index in [1.807, 2.05) is 12.1 Å². The zero-order chi connectivity index (χ0) is 14.2. The Morgan fingerprint density at radius 1 is 0.842 bits per heavy atom. The summed E-state index contributed by atoms with van der Waals surface area (Å²) in [5.41, 5.74) is 0. The summed E-state index contributed by atoms with van der Waals surface area (Å²) in [6.07, 6.45) is 0. The Balaban J connectivity index is 2.47. The van der Waals surface area contributed by atoms with E-state index in [0.717, 1.165) is 17.9 Å². The van der Waals surface area contributed by atoms with Crippen LogP contribution >= 0.6 is 79.6 Å². The van der Waals surface area contributed by atoms with Crippen molar-refractivity contribution in [1.82, 2.24) is 0 Å². The van der Waals surface area contributed by atoms with Gasteiger partial charge in [-0.3, -0.25) is 0 Å². The van der Waals surface area contributed by atoms with Crippen molar-refractivity contribution in [3.8, 4) is 17.2 Å². The van der Waals surface area contributed by atoms with Crippen LogP contribution in [0.25, 0.3) is 0 Å². The molecule has 0 aliphatic rings. The molecule has 0 atom stereocenters. The number of rotatable bonds is 2. The van der Waals surface area contributed by atoms with Crippen LogP contribution in [0.15, 0.2) is 46.6 Å². The Bertz CT molecular complexity index is 643. The molecule has 1 N–H and O–H groups in total. The number of hydrogen-bond donors (Lipinski definition) is 1. The van der Waals surface area contributed by atoms with Crippen LogP contribution in [0.1, 0.15) is 0 Å². The van der Waals surface area contributed by atoms with Crippen LogP contribution in [0.2, 0.25) is 0 Å². The average Bonchev–Trinajstić information content (AvgIpc) is 2.34. The van der Waals surface area contributed by atoms with E-state index in [2.05, 4.69) is 79.6 Å². The Morgan fingerprint density at radius 3 is 2.16 bits per heavy atom. The molecular weight excluding hydrogens is 576 g/mol. The second-order valence-electron chi connectivity index (χ2n) is 3.51. The molecule has 7 heteroatoms. The predicted molar refractivity (Wildman–Crippen MR) is 93.1 cm³/mol. The molecule has 0 aliphatic carbocycles. The van der Waals surface area contributed by atoms with E-state index in [9.17, 15) is 5.11 Å². The molecule has 2 aromatic carbocycles. The van der Waals surface area contributed by atoms with E-state index < -0.39 is 0 Å². The number of benzene rings is 2. The van der Waals surface area contributed by atoms with Crippen molar-refractivity contribution in [3.63, 3.8) is 0 Å². The normalized spacial score (nSPS) is 10.6. The first-order valence-corrected chi connectivity index (χ1v) is 8.86. The zero-order valence-corrected chi connectivity index (χ0v) is 17.0. The van der Waals surface area contributed by atoms with Crippen molar-refractivity contribution in [1.29, 1.82) is 0 Å². The van der Waals surface area contributed by atoms with Gasteiger partial charge in [-0.15, -0.1) is 0 Å². The average molecular weight is 581 g/mol. The Labute approximate surface area is 152 Å². The Morgan fingerprint density at radius 2 is 1.53 bits per heavy atom. The second kappa shape index (κ2) is 6.47. The monoisotopic (exact) mass is 576 g/mol. The smallest absolute Gasteiger partial charge is 0.184 e. The molecule has 0 amide bonds. The highest BCUT2D eigenvalue weighted by atomic mass is 79.9. The van der Waals surface area contributed by atoms with Crippen LogP contribution in [0.5, 0.6) is 17.2 Å². The van der Waals surface area contributed by atoms with Crippen LogP contribution < -0.4 is 4.74 Å². The third-order valence-corrected chi connectivity index (χ3v) is 6.59. The summed E-state index contributed by atoms with van der Waals surface area (Å²) in [7, 11) is 0. The van der Waals surface area contributed by atoms with Crippen LogP contribution in [-0.2, 0) is 0 Å². The largest absolute Gasteiger partial charge is 0.504 e. The van der Waals surface area contributed by atoms with Crippen LogP contribution in [0, 0.1) is 0 Å². The van der Waals surface area contributed by atoms with Crippen molar-refractivity contribution in [3.05, 3.63) is 46.6 Å². The Hall–Kier alpha value is 0.440. The van der Waals surface area contributed by atoms with Gasteiger partial charge in [-0.25, -0.2) is 0 Å². The molecule has 0 heterocycles. The molecule has 19 heavy (non-hydrogen) atoms. The SMILES string of the molecule is Oc1cc(Br)c(Br)c(Br)c1Oc1ccc(Br)cc1Br. The van der Waals surface area contributed by atoms with E-state index >= 15 is 0 Å². The molecule has 0 bridgehead atoms. The number of halogens is 5. The molecule has 2 rings (SSSR count). The molecular formula is C12H5Br5O2. The minimum atomic E-state index is 0.0387. The summed E-state index contributed by atoms with van der Waals surface area (Å²) in [6, 6.07) is 7.10. The summed E-state index contributed by atoms with van der Waals surface area (Å²) in [4.78, 5) is 0. The summed E-state index contributed by atoms with van der Waals surface area (Å²) < 4.78 is 9.61. The van der Waals surface area contributed by atoms with Gasteiger partial charge in [-0.1, -0.05) is 15.9 Å². The fourth-order valence-electron chi connectivity index (χ4n) is 1.33. The van der Waals surface area contributed by atoms with Gasteiger partial charge in [-0.2, -0.15) is 0 Å². The maximum atomic E-state index is 9.97. The molecule has 0 radical (unpaired) electrons. The summed E-state index contributed by atoms with van der Waals surface area (Å²) >= 11 is 16.9. The van der Waals surface area contributed by atoms with Gasteiger partial charge in [0.2, 0.25) is 0 Å². The van der Waals surface area contributed by atoms with E-state index in [1.54, 1.807) is 12.1 Å². The fraction of sp³-hybridized carbons (Fsp3) is 0. The molecule has 0 aromatic heterocycles. The summed E-state index contributed by atoms with van der Waals surface area (Å²) in [5.74, 6) is 0.989.